The maximum atomic E-state index is 13.4. The van der Waals surface area contributed by atoms with Crippen molar-refractivity contribution in [2.45, 2.75) is 36.6 Å². The first-order chi connectivity index (χ1) is 20.0. The lowest BCUT2D eigenvalue weighted by atomic mass is 10.1. The van der Waals surface area contributed by atoms with Crippen molar-refractivity contribution in [1.82, 2.24) is 9.29 Å². The predicted molar refractivity (Wildman–Crippen MR) is 163 cm³/mol. The van der Waals surface area contributed by atoms with E-state index in [1.807, 2.05) is 0 Å². The van der Waals surface area contributed by atoms with Gasteiger partial charge in [-0.2, -0.15) is 4.31 Å². The van der Waals surface area contributed by atoms with Crippen molar-refractivity contribution in [3.05, 3.63) is 82.1 Å². The largest absolute Gasteiger partial charge is 0.480 e. The summed E-state index contributed by atoms with van der Waals surface area (Å²) in [6.45, 7) is 0.886. The van der Waals surface area contributed by atoms with Gasteiger partial charge < -0.3 is 21.1 Å². The average Bonchev–Trinajstić information content (AvgIpc) is 2.97. The SMILES string of the molecule is CN(C(N)=N[C@@H](Cc1ccc(NC(=O)c2c(Cl)cncc2Cl)cc1)C(=O)O)c1ccccc1S(=O)(=O)N1CCCCC1. The number of nitrogens with one attached hydrogen (secondary N) is 1. The topological polar surface area (TPSA) is 158 Å². The number of piperidine rings is 1. The molecule has 222 valence electrons. The molecule has 2 aromatic carbocycles. The summed E-state index contributed by atoms with van der Waals surface area (Å²) in [5, 5.41) is 12.8. The number of halogens is 2. The Balaban J connectivity index is 1.50. The summed E-state index contributed by atoms with van der Waals surface area (Å²) >= 11 is 12.1. The molecule has 11 nitrogen and oxygen atoms in total. The van der Waals surface area contributed by atoms with Crippen LogP contribution >= 0.6 is 23.2 Å². The van der Waals surface area contributed by atoms with Crippen molar-refractivity contribution in [2.24, 2.45) is 10.7 Å². The molecule has 1 amide bonds. The third-order valence-corrected chi connectivity index (χ3v) is 9.32. The van der Waals surface area contributed by atoms with Gasteiger partial charge >= 0.3 is 5.97 Å². The number of carbonyl (C=O) groups excluding carboxylic acids is 1. The number of nitrogens with two attached hydrogens (primary N) is 1. The molecule has 1 aliphatic rings. The van der Waals surface area contributed by atoms with E-state index in [-0.39, 0.29) is 32.9 Å². The van der Waals surface area contributed by atoms with E-state index in [1.54, 1.807) is 49.5 Å². The molecule has 1 aliphatic heterocycles. The second-order valence-electron chi connectivity index (χ2n) is 9.67. The molecule has 42 heavy (non-hydrogen) atoms. The Morgan fingerprint density at radius 2 is 1.69 bits per heavy atom. The van der Waals surface area contributed by atoms with Crippen molar-refractivity contribution >= 4 is 62.4 Å². The minimum absolute atomic E-state index is 0.00612. The molecule has 0 unspecified atom stereocenters. The van der Waals surface area contributed by atoms with Crippen LogP contribution in [0, 0.1) is 0 Å². The lowest BCUT2D eigenvalue weighted by molar-refractivity contribution is -0.138. The molecule has 1 aromatic heterocycles. The zero-order valence-corrected chi connectivity index (χ0v) is 25.0. The molecule has 0 radical (unpaired) electrons. The lowest BCUT2D eigenvalue weighted by Gasteiger charge is -2.28. The van der Waals surface area contributed by atoms with Gasteiger partial charge in [0, 0.05) is 44.6 Å². The Morgan fingerprint density at radius 3 is 2.31 bits per heavy atom. The number of amides is 1. The quantitative estimate of drug-likeness (QED) is 0.233. The molecule has 3 aromatic rings. The average molecular weight is 634 g/mol. The highest BCUT2D eigenvalue weighted by Gasteiger charge is 2.30. The molecule has 0 bridgehead atoms. The van der Waals surface area contributed by atoms with E-state index < -0.39 is 27.9 Å². The second kappa shape index (κ2) is 13.5. The van der Waals surface area contributed by atoms with Crippen molar-refractivity contribution in [1.29, 1.82) is 0 Å². The number of nitrogens with zero attached hydrogens (tertiary/aromatic N) is 4. The minimum Gasteiger partial charge on any atom is -0.480 e. The molecule has 0 aliphatic carbocycles. The first-order valence-corrected chi connectivity index (χ1v) is 15.3. The van der Waals surface area contributed by atoms with Gasteiger partial charge in [0.25, 0.3) is 5.91 Å². The Morgan fingerprint density at radius 1 is 1.07 bits per heavy atom. The molecular formula is C28H30Cl2N6O5S. The fourth-order valence-corrected chi connectivity index (χ4v) is 6.80. The monoisotopic (exact) mass is 632 g/mol. The van der Waals surface area contributed by atoms with Gasteiger partial charge in [0.15, 0.2) is 12.0 Å². The predicted octanol–water partition coefficient (Wildman–Crippen LogP) is 4.26. The van der Waals surface area contributed by atoms with Crippen LogP contribution in [0.4, 0.5) is 11.4 Å². The first kappa shape index (κ1) is 31.2. The van der Waals surface area contributed by atoms with Crippen LogP contribution in [-0.2, 0) is 21.2 Å². The first-order valence-electron chi connectivity index (χ1n) is 13.1. The molecule has 1 saturated heterocycles. The summed E-state index contributed by atoms with van der Waals surface area (Å²) in [4.78, 5) is 34.2. The highest BCUT2D eigenvalue weighted by molar-refractivity contribution is 7.89. The van der Waals surface area contributed by atoms with Gasteiger partial charge in [0.2, 0.25) is 10.0 Å². The van der Waals surface area contributed by atoms with E-state index in [2.05, 4.69) is 15.3 Å². The fourth-order valence-electron chi connectivity index (χ4n) is 4.52. The molecule has 0 spiro atoms. The van der Waals surface area contributed by atoms with Crippen LogP contribution in [0.15, 0.2) is 70.8 Å². The van der Waals surface area contributed by atoms with Crippen LogP contribution in [0.1, 0.15) is 35.2 Å². The van der Waals surface area contributed by atoms with Gasteiger partial charge in [-0.3, -0.25) is 9.78 Å². The van der Waals surface area contributed by atoms with E-state index in [4.69, 9.17) is 28.9 Å². The minimum atomic E-state index is -3.78. The van der Waals surface area contributed by atoms with Crippen molar-refractivity contribution in [2.75, 3.05) is 30.4 Å². The Bertz CT molecular complexity index is 1570. The lowest BCUT2D eigenvalue weighted by Crippen LogP contribution is -2.39. The summed E-state index contributed by atoms with van der Waals surface area (Å²) in [6, 6.07) is 11.7. The van der Waals surface area contributed by atoms with Gasteiger partial charge in [0.05, 0.1) is 21.3 Å². The van der Waals surface area contributed by atoms with Crippen LogP contribution in [0.25, 0.3) is 0 Å². The number of aliphatic imine (C=N–C) groups is 1. The zero-order chi connectivity index (χ0) is 30.4. The summed E-state index contributed by atoms with van der Waals surface area (Å²) in [5.41, 5.74) is 7.66. The van der Waals surface area contributed by atoms with Gasteiger partial charge in [-0.25, -0.2) is 18.2 Å². The smallest absolute Gasteiger partial charge is 0.328 e. The van der Waals surface area contributed by atoms with Gasteiger partial charge in [-0.15, -0.1) is 0 Å². The number of aromatic nitrogens is 1. The second-order valence-corrected chi connectivity index (χ2v) is 12.4. The number of hydrogen-bond acceptors (Lipinski definition) is 6. The Kier molecular flexibility index (Phi) is 10.0. The number of guanidine groups is 1. The van der Waals surface area contributed by atoms with Crippen molar-refractivity contribution in [3.63, 3.8) is 0 Å². The summed E-state index contributed by atoms with van der Waals surface area (Å²) in [5.74, 6) is -1.88. The number of benzene rings is 2. The zero-order valence-electron chi connectivity index (χ0n) is 22.7. The molecule has 0 saturated carbocycles. The third kappa shape index (κ3) is 7.19. The van der Waals surface area contributed by atoms with Gasteiger partial charge in [0.1, 0.15) is 4.90 Å². The number of carboxylic acid groups (broad SMARTS) is 1. The van der Waals surface area contributed by atoms with Crippen LogP contribution in [0.3, 0.4) is 0 Å². The Labute approximate surface area is 254 Å². The molecular weight excluding hydrogens is 603 g/mol. The number of rotatable bonds is 9. The highest BCUT2D eigenvalue weighted by Crippen LogP contribution is 2.29. The molecule has 1 fully saturated rings. The number of sulfonamides is 1. The molecule has 4 rings (SSSR count). The number of anilines is 2. The summed E-state index contributed by atoms with van der Waals surface area (Å²) < 4.78 is 28.3. The van der Waals surface area contributed by atoms with E-state index in [1.165, 1.54) is 27.7 Å². The summed E-state index contributed by atoms with van der Waals surface area (Å²) in [7, 11) is -2.24. The maximum absolute atomic E-state index is 13.4. The van der Waals surface area contributed by atoms with Gasteiger partial charge in [-0.1, -0.05) is 53.9 Å². The Hall–Kier alpha value is -3.71. The standard InChI is InChI=1S/C28H30Cl2N6O5S/c1-35(23-7-3-4-8-24(23)42(40,41)36-13-5-2-6-14-36)28(31)34-22(27(38)39)15-18-9-11-19(12-10-18)33-26(37)25-20(29)16-32-17-21(25)30/h3-4,7-12,16-17,22H,2,5-6,13-15H2,1H3,(H2,31,34)(H,33,37)(H,38,39)/t22-/m0/s1. The van der Waals surface area contributed by atoms with Crippen LogP contribution < -0.4 is 16.0 Å². The molecule has 4 N–H and O–H groups in total. The molecule has 2 heterocycles. The van der Waals surface area contributed by atoms with E-state index >= 15 is 0 Å². The van der Waals surface area contributed by atoms with E-state index in [9.17, 15) is 23.1 Å². The summed E-state index contributed by atoms with van der Waals surface area (Å²) in [6.07, 6.45) is 5.19. The van der Waals surface area contributed by atoms with Crippen molar-refractivity contribution in [3.8, 4) is 0 Å². The maximum Gasteiger partial charge on any atom is 0.328 e. The molecule has 1 atom stereocenters. The molecule has 14 heteroatoms. The fraction of sp³-hybridized carbons (Fsp3) is 0.286. The van der Waals surface area contributed by atoms with E-state index in [0.29, 0.717) is 30.0 Å². The number of carbonyl (C=O) groups is 2. The van der Waals surface area contributed by atoms with Crippen LogP contribution in [0.5, 0.6) is 0 Å². The number of hydrogen-bond donors (Lipinski definition) is 3. The number of carboxylic acids is 1. The number of para-hydroxylation sites is 1. The number of aliphatic carboxylic acids is 1. The third-order valence-electron chi connectivity index (χ3n) is 6.80. The van der Waals surface area contributed by atoms with E-state index in [0.717, 1.165) is 19.3 Å². The number of pyridine rings is 1. The normalized spacial score (nSPS) is 15.2. The van der Waals surface area contributed by atoms with Crippen LogP contribution in [0.2, 0.25) is 10.0 Å². The van der Waals surface area contributed by atoms with Gasteiger partial charge in [-0.05, 0) is 42.7 Å². The van der Waals surface area contributed by atoms with Crippen LogP contribution in [-0.4, -0.2) is 66.8 Å². The highest BCUT2D eigenvalue weighted by atomic mass is 35.5. The van der Waals surface area contributed by atoms with Crippen molar-refractivity contribution < 1.29 is 23.1 Å².